The van der Waals surface area contributed by atoms with Crippen LogP contribution in [0.2, 0.25) is 0 Å². The van der Waals surface area contributed by atoms with Crippen LogP contribution in [-0.2, 0) is 18.4 Å². The Hall–Kier alpha value is -1.28. The second-order valence-electron chi connectivity index (χ2n) is 15.7. The van der Waals surface area contributed by atoms with Gasteiger partial charge in [0, 0.05) is 6.42 Å². The van der Waals surface area contributed by atoms with E-state index in [4.69, 9.17) is 9.05 Å². The third kappa shape index (κ3) is 37.1. The number of aliphatic hydroxyl groups excluding tert-OH is 1. The smallest absolute Gasteiger partial charge is 0.268 e. The van der Waals surface area contributed by atoms with Crippen molar-refractivity contribution in [2.45, 2.75) is 193 Å². The lowest BCUT2D eigenvalue weighted by atomic mass is 10.0. The van der Waals surface area contributed by atoms with Crippen LogP contribution in [-0.4, -0.2) is 68.5 Å². The normalized spacial score (nSPS) is 14.8. The average Bonchev–Trinajstić information content (AvgIpc) is 3.09. The number of nitrogens with one attached hydrogen (secondary N) is 1. The number of carbonyl (C=O) groups excluding carboxylic acids is 1. The lowest BCUT2D eigenvalue weighted by Gasteiger charge is -2.30. The van der Waals surface area contributed by atoms with Crippen molar-refractivity contribution < 1.29 is 32.9 Å². The minimum atomic E-state index is -4.54. The molecule has 3 unspecified atom stereocenters. The monoisotopic (exact) mass is 755 g/mol. The van der Waals surface area contributed by atoms with E-state index in [0.717, 1.165) is 51.4 Å². The summed E-state index contributed by atoms with van der Waals surface area (Å²) in [5, 5.41) is 13.5. The molecule has 0 fully saturated rings. The van der Waals surface area contributed by atoms with E-state index in [1.807, 2.05) is 21.1 Å². The van der Waals surface area contributed by atoms with Crippen molar-refractivity contribution in [3.8, 4) is 0 Å². The molecule has 0 aliphatic rings. The third-order valence-electron chi connectivity index (χ3n) is 9.38. The van der Waals surface area contributed by atoms with Gasteiger partial charge in [-0.1, -0.05) is 159 Å². The zero-order valence-electron chi connectivity index (χ0n) is 34.5. The molecule has 2 N–H and O–H groups in total. The molecular formula is C43H83N2O6P. The molecule has 3 atom stereocenters. The standard InChI is InChI=1S/C43H83N2O6P/c1-6-8-10-11-12-13-14-15-16-17-18-19-20-21-22-23-24-25-26-27-28-29-30-31-32-33-35-37-43(47)44-41(42(46)36-34-9-7-2)40-51-52(48,49)50-39-38-45(3,4)5/h14-15,17-18,20-21,41-42,46H,6-13,16,19,22-40H2,1-5H3,(H-,44,47,48,49)/b15-14-,18-17-,21-20-. The van der Waals surface area contributed by atoms with Gasteiger partial charge in [0.15, 0.2) is 0 Å². The second kappa shape index (κ2) is 35.4. The number of allylic oxidation sites excluding steroid dienone is 6. The molecule has 0 heterocycles. The molecule has 0 spiro atoms. The molecule has 0 saturated heterocycles. The number of phosphoric ester groups is 1. The minimum Gasteiger partial charge on any atom is -0.756 e. The summed E-state index contributed by atoms with van der Waals surface area (Å²) in [4.78, 5) is 24.9. The van der Waals surface area contributed by atoms with Crippen LogP contribution in [0.25, 0.3) is 0 Å². The average molecular weight is 755 g/mol. The maximum absolute atomic E-state index is 12.7. The number of likely N-dealkylation sites (N-methyl/N-ethyl adjacent to an activating group) is 1. The van der Waals surface area contributed by atoms with Gasteiger partial charge in [0.2, 0.25) is 5.91 Å². The summed E-state index contributed by atoms with van der Waals surface area (Å²) in [5.41, 5.74) is 0. The highest BCUT2D eigenvalue weighted by Crippen LogP contribution is 2.38. The van der Waals surface area contributed by atoms with Gasteiger partial charge in [0.1, 0.15) is 13.2 Å². The summed E-state index contributed by atoms with van der Waals surface area (Å²) in [6.45, 7) is 4.52. The number of unbranched alkanes of at least 4 members (excludes halogenated alkanes) is 19. The Morgan fingerprint density at radius 2 is 1.12 bits per heavy atom. The first-order valence-electron chi connectivity index (χ1n) is 21.3. The molecule has 0 aromatic rings. The molecule has 0 aliphatic heterocycles. The van der Waals surface area contributed by atoms with Crippen molar-refractivity contribution in [3.63, 3.8) is 0 Å². The summed E-state index contributed by atoms with van der Waals surface area (Å²) < 4.78 is 22.9. The van der Waals surface area contributed by atoms with Crippen molar-refractivity contribution in [1.82, 2.24) is 5.32 Å². The first-order chi connectivity index (χ1) is 25.0. The molecule has 0 bridgehead atoms. The molecule has 0 saturated carbocycles. The number of carbonyl (C=O) groups is 1. The van der Waals surface area contributed by atoms with E-state index in [-0.39, 0.29) is 19.1 Å². The highest BCUT2D eigenvalue weighted by atomic mass is 31.2. The zero-order valence-corrected chi connectivity index (χ0v) is 35.4. The molecule has 52 heavy (non-hydrogen) atoms. The van der Waals surface area contributed by atoms with E-state index in [1.165, 1.54) is 103 Å². The zero-order chi connectivity index (χ0) is 38.6. The van der Waals surface area contributed by atoms with Crippen LogP contribution < -0.4 is 10.2 Å². The summed E-state index contributed by atoms with van der Waals surface area (Å²) in [6, 6.07) is -0.796. The van der Waals surface area contributed by atoms with Crippen LogP contribution in [0.15, 0.2) is 36.5 Å². The van der Waals surface area contributed by atoms with E-state index in [9.17, 15) is 19.4 Å². The lowest BCUT2D eigenvalue weighted by molar-refractivity contribution is -0.870. The topological polar surface area (TPSA) is 108 Å². The molecular weight excluding hydrogens is 671 g/mol. The summed E-state index contributed by atoms with van der Waals surface area (Å²) in [7, 11) is 1.29. The van der Waals surface area contributed by atoms with Gasteiger partial charge in [-0.2, -0.15) is 0 Å². The first kappa shape index (κ1) is 50.7. The van der Waals surface area contributed by atoms with Gasteiger partial charge in [-0.15, -0.1) is 0 Å². The molecule has 0 aliphatic carbocycles. The summed E-state index contributed by atoms with van der Waals surface area (Å²) in [6.07, 6.45) is 42.4. The van der Waals surface area contributed by atoms with Crippen molar-refractivity contribution in [2.75, 3.05) is 40.9 Å². The number of nitrogens with zero attached hydrogens (tertiary/aromatic N) is 1. The van der Waals surface area contributed by atoms with E-state index >= 15 is 0 Å². The maximum atomic E-state index is 12.7. The second-order valence-corrected chi connectivity index (χ2v) is 17.1. The molecule has 306 valence electrons. The quantitative estimate of drug-likeness (QED) is 0.0281. The van der Waals surface area contributed by atoms with Crippen LogP contribution in [0.4, 0.5) is 0 Å². The molecule has 0 aromatic heterocycles. The SMILES string of the molecule is CCCCCCC/C=C\C/C=C\C/C=C\CCCCCCCCCCCCCCC(=O)NC(COP(=O)([O-])OCC[N+](C)(C)C)C(O)CCCCC. The Kier molecular flexibility index (Phi) is 34.6. The highest BCUT2D eigenvalue weighted by Gasteiger charge is 2.24. The number of hydrogen-bond donors (Lipinski definition) is 2. The summed E-state index contributed by atoms with van der Waals surface area (Å²) >= 11 is 0. The molecule has 0 rings (SSSR count). The van der Waals surface area contributed by atoms with Crippen LogP contribution in [0.3, 0.4) is 0 Å². The Morgan fingerprint density at radius 3 is 1.62 bits per heavy atom. The molecule has 9 heteroatoms. The van der Waals surface area contributed by atoms with Gasteiger partial charge in [0.05, 0.1) is 39.9 Å². The fourth-order valence-corrected chi connectivity index (χ4v) is 6.65. The fourth-order valence-electron chi connectivity index (χ4n) is 5.93. The summed E-state index contributed by atoms with van der Waals surface area (Å²) in [5.74, 6) is -0.180. The highest BCUT2D eigenvalue weighted by molar-refractivity contribution is 7.45. The van der Waals surface area contributed by atoms with Gasteiger partial charge in [-0.3, -0.25) is 9.36 Å². The molecule has 8 nitrogen and oxygen atoms in total. The number of amides is 1. The molecule has 0 radical (unpaired) electrons. The van der Waals surface area contributed by atoms with Gasteiger partial charge in [-0.25, -0.2) is 0 Å². The largest absolute Gasteiger partial charge is 0.756 e. The molecule has 0 aromatic carbocycles. The number of hydrogen-bond acceptors (Lipinski definition) is 6. The van der Waals surface area contributed by atoms with Gasteiger partial charge in [-0.05, 0) is 51.4 Å². The Balaban J connectivity index is 3.88. The van der Waals surface area contributed by atoms with Gasteiger partial charge < -0.3 is 28.8 Å². The van der Waals surface area contributed by atoms with Crippen LogP contribution in [0.1, 0.15) is 181 Å². The Bertz CT molecular complexity index is 948. The van der Waals surface area contributed by atoms with E-state index in [2.05, 4.69) is 55.6 Å². The minimum absolute atomic E-state index is 0.00949. The van der Waals surface area contributed by atoms with Gasteiger partial charge >= 0.3 is 0 Å². The van der Waals surface area contributed by atoms with E-state index in [1.54, 1.807) is 0 Å². The van der Waals surface area contributed by atoms with Crippen molar-refractivity contribution in [2.24, 2.45) is 0 Å². The third-order valence-corrected chi connectivity index (χ3v) is 10.3. The number of rotatable bonds is 38. The first-order valence-corrected chi connectivity index (χ1v) is 22.8. The molecule has 1 amide bonds. The van der Waals surface area contributed by atoms with E-state index < -0.39 is 20.0 Å². The number of phosphoric acid groups is 1. The number of aliphatic hydroxyl groups is 1. The van der Waals surface area contributed by atoms with Crippen molar-refractivity contribution in [3.05, 3.63) is 36.5 Å². The van der Waals surface area contributed by atoms with E-state index in [0.29, 0.717) is 23.9 Å². The predicted molar refractivity (Wildman–Crippen MR) is 219 cm³/mol. The van der Waals surface area contributed by atoms with Crippen molar-refractivity contribution in [1.29, 1.82) is 0 Å². The Labute approximate surface area is 321 Å². The van der Waals surface area contributed by atoms with Crippen molar-refractivity contribution >= 4 is 13.7 Å². The fraction of sp³-hybridized carbons (Fsp3) is 0.837. The van der Waals surface area contributed by atoms with Crippen LogP contribution in [0.5, 0.6) is 0 Å². The number of quaternary nitrogens is 1. The van der Waals surface area contributed by atoms with Gasteiger partial charge in [0.25, 0.3) is 7.82 Å². The maximum Gasteiger partial charge on any atom is 0.268 e. The predicted octanol–water partition coefficient (Wildman–Crippen LogP) is 10.9. The van der Waals surface area contributed by atoms with Crippen LogP contribution >= 0.6 is 7.82 Å². The van der Waals surface area contributed by atoms with Crippen LogP contribution in [0, 0.1) is 0 Å². The Morgan fingerprint density at radius 1 is 0.673 bits per heavy atom. The lowest BCUT2D eigenvalue weighted by Crippen LogP contribution is -2.46.